The van der Waals surface area contributed by atoms with Crippen LogP contribution in [-0.2, 0) is 11.8 Å². The molecule has 1 atom stereocenters. The highest BCUT2D eigenvalue weighted by atomic mass is 127. The molecule has 0 radical (unpaired) electrons. The number of halogens is 1. The van der Waals surface area contributed by atoms with Gasteiger partial charge in [0.25, 0.3) is 0 Å². The highest BCUT2D eigenvalue weighted by Gasteiger charge is 1.53. The zero-order valence-electron chi connectivity index (χ0n) is 2.68. The molecule has 0 fully saturated rings. The Kier molecular flexibility index (Phi) is 3.93. The van der Waals surface area contributed by atoms with Crippen molar-refractivity contribution in [1.82, 2.24) is 0 Å². The van der Waals surface area contributed by atoms with Crippen LogP contribution in [0.3, 0.4) is 0 Å². The summed E-state index contributed by atoms with van der Waals surface area (Å²) < 4.78 is 3.34. The van der Waals surface area contributed by atoms with Crippen LogP contribution >= 0.6 is 26.2 Å². The highest BCUT2D eigenvalue weighted by molar-refractivity contribution is 14.2. The van der Waals surface area contributed by atoms with Crippen molar-refractivity contribution < 1.29 is 0 Å². The lowest BCUT2D eigenvalue weighted by Gasteiger charge is -1.57. The second-order valence-electron chi connectivity index (χ2n) is 0.426. The standard InChI is InChI=1S/CH3INPS/c1-3-4(2)5/h1H3. The molecule has 0 amide bonds. The molecule has 0 aliphatic heterocycles. The van der Waals surface area contributed by atoms with Gasteiger partial charge in [0.15, 0.2) is 0 Å². The summed E-state index contributed by atoms with van der Waals surface area (Å²) >= 11 is 6.78. The summed E-state index contributed by atoms with van der Waals surface area (Å²) in [5.41, 5.74) is 0. The van der Waals surface area contributed by atoms with Gasteiger partial charge in [-0.25, -0.2) is 0 Å². The predicted octanol–water partition coefficient (Wildman–Crippen LogP) is 2.09. The normalized spacial score (nSPS) is 12.0. The van der Waals surface area contributed by atoms with Crippen LogP contribution in [0.4, 0.5) is 0 Å². The van der Waals surface area contributed by atoms with Crippen LogP contribution in [0.25, 0.3) is 0 Å². The fourth-order valence-corrected chi connectivity index (χ4v) is 0. The van der Waals surface area contributed by atoms with Gasteiger partial charge in [-0.1, -0.05) is 0 Å². The fourth-order valence-electron chi connectivity index (χ4n) is 0. The van der Waals surface area contributed by atoms with Crippen molar-refractivity contribution in [1.29, 1.82) is 0 Å². The van der Waals surface area contributed by atoms with Crippen molar-refractivity contribution >= 4 is 38.0 Å². The maximum atomic E-state index is 4.66. The molecule has 4 heteroatoms. The predicted molar refractivity (Wildman–Crippen MR) is 36.7 cm³/mol. The largest absolute Gasteiger partial charge is 0.257 e. The Balaban J connectivity index is 3.62. The van der Waals surface area contributed by atoms with Crippen molar-refractivity contribution in [2.24, 2.45) is 4.74 Å². The van der Waals surface area contributed by atoms with Crippen molar-refractivity contribution in [3.8, 4) is 0 Å². The Bertz CT molecular complexity index is 83.6. The maximum absolute atomic E-state index is 4.66. The van der Waals surface area contributed by atoms with Gasteiger partial charge >= 0.3 is 0 Å². The van der Waals surface area contributed by atoms with Crippen molar-refractivity contribution in [2.75, 3.05) is 7.05 Å². The van der Waals surface area contributed by atoms with Crippen LogP contribution in [0.5, 0.6) is 0 Å². The van der Waals surface area contributed by atoms with Gasteiger partial charge in [0.05, 0.1) is 4.13 Å². The molecule has 1 nitrogen and oxygen atoms in total. The van der Waals surface area contributed by atoms with Crippen LogP contribution in [0.15, 0.2) is 4.74 Å². The van der Waals surface area contributed by atoms with Gasteiger partial charge in [-0.05, 0) is 11.8 Å². The molecule has 30 valence electrons. The van der Waals surface area contributed by atoms with E-state index in [9.17, 15) is 0 Å². The quantitative estimate of drug-likeness (QED) is 0.448. The van der Waals surface area contributed by atoms with Crippen molar-refractivity contribution in [3.63, 3.8) is 0 Å². The summed E-state index contributed by atoms with van der Waals surface area (Å²) in [5, 5.41) is 0. The van der Waals surface area contributed by atoms with Gasteiger partial charge in [0.2, 0.25) is 0 Å². The third kappa shape index (κ3) is 5.05. The smallest absolute Gasteiger partial charge is 0.0967 e. The monoisotopic (exact) mass is 219 g/mol. The molecule has 0 spiro atoms. The maximum Gasteiger partial charge on any atom is 0.0967 e. The molecule has 5 heavy (non-hydrogen) atoms. The first kappa shape index (κ1) is 6.05. The van der Waals surface area contributed by atoms with E-state index in [0.717, 1.165) is 0 Å². The van der Waals surface area contributed by atoms with Gasteiger partial charge in [-0.3, -0.25) is 4.74 Å². The molecule has 0 aromatic rings. The first-order valence-corrected chi connectivity index (χ1v) is 6.09. The molecule has 1 unspecified atom stereocenters. The lowest BCUT2D eigenvalue weighted by Crippen LogP contribution is -1.22. The van der Waals surface area contributed by atoms with Crippen LogP contribution in [0.2, 0.25) is 0 Å². The number of rotatable bonds is 0. The van der Waals surface area contributed by atoms with Gasteiger partial charge in [-0.2, -0.15) is 0 Å². The fraction of sp³-hybridized carbons (Fsp3) is 1.00. The molecule has 0 saturated heterocycles. The lowest BCUT2D eigenvalue weighted by atomic mass is 11.6. The van der Waals surface area contributed by atoms with E-state index in [0.29, 0.717) is 0 Å². The highest BCUT2D eigenvalue weighted by Crippen LogP contribution is 2.18. The van der Waals surface area contributed by atoms with E-state index in [1.807, 2.05) is 0 Å². The zero-order valence-corrected chi connectivity index (χ0v) is 6.55. The topological polar surface area (TPSA) is 12.4 Å². The Morgan fingerprint density at radius 2 is 2.20 bits per heavy atom. The molecule has 0 aliphatic rings. The average molecular weight is 219 g/mol. The molecule has 0 saturated carbocycles. The summed E-state index contributed by atoms with van der Waals surface area (Å²) in [6.45, 7) is 0. The molecule has 0 aromatic heterocycles. The summed E-state index contributed by atoms with van der Waals surface area (Å²) in [5.74, 6) is 0. The second-order valence-corrected chi connectivity index (χ2v) is 7.02. The molecule has 0 rings (SSSR count). The van der Waals surface area contributed by atoms with E-state index in [-0.39, 0.29) is 0 Å². The van der Waals surface area contributed by atoms with Gasteiger partial charge in [-0.15, -0.1) is 0 Å². The first-order chi connectivity index (χ1) is 2.27. The van der Waals surface area contributed by atoms with E-state index in [1.54, 1.807) is 7.05 Å². The minimum Gasteiger partial charge on any atom is -0.257 e. The summed E-state index contributed by atoms with van der Waals surface area (Å²) in [7, 11) is 1.74. The zero-order chi connectivity index (χ0) is 4.28. The van der Waals surface area contributed by atoms with E-state index >= 15 is 0 Å². The number of hydrogen-bond donors (Lipinski definition) is 0. The second kappa shape index (κ2) is 3.25. The molecule has 0 aromatic carbocycles. The number of hydrogen-bond acceptors (Lipinski definition) is 2. The van der Waals surface area contributed by atoms with Gasteiger partial charge in [0, 0.05) is 29.1 Å². The van der Waals surface area contributed by atoms with Crippen LogP contribution < -0.4 is 0 Å². The average Bonchev–Trinajstić information content (AvgIpc) is 1.38. The van der Waals surface area contributed by atoms with E-state index in [4.69, 9.17) is 0 Å². The molecule has 0 aliphatic carbocycles. The molecular weight excluding hydrogens is 216 g/mol. The molecule has 0 N–H and O–H groups in total. The Hall–Kier alpha value is 1.05. The van der Waals surface area contributed by atoms with E-state index in [2.05, 4.69) is 38.6 Å². The third-order valence-electron chi connectivity index (χ3n) is 0.157. The SMILES string of the molecule is CN=P(=S)I. The third-order valence-corrected chi connectivity index (χ3v) is 2.26. The minimum atomic E-state index is -0.420. The van der Waals surface area contributed by atoms with Crippen molar-refractivity contribution in [3.05, 3.63) is 0 Å². The Morgan fingerprint density at radius 1 is 2.00 bits per heavy atom. The van der Waals surface area contributed by atoms with E-state index in [1.165, 1.54) is 0 Å². The van der Waals surface area contributed by atoms with Crippen LogP contribution in [0, 0.1) is 0 Å². The Morgan fingerprint density at radius 3 is 2.20 bits per heavy atom. The number of nitrogens with zero attached hydrogens (tertiary/aromatic N) is 1. The Labute approximate surface area is 49.8 Å². The minimum absolute atomic E-state index is 0.420. The molecule has 0 bridgehead atoms. The summed E-state index contributed by atoms with van der Waals surface area (Å²) in [6, 6.07) is 0. The summed E-state index contributed by atoms with van der Waals surface area (Å²) in [4.78, 5) is 0. The molecular formula is CH3INPS. The lowest BCUT2D eigenvalue weighted by molar-refractivity contribution is 1.52. The van der Waals surface area contributed by atoms with Gasteiger partial charge < -0.3 is 0 Å². The molecule has 0 heterocycles. The van der Waals surface area contributed by atoms with Crippen molar-refractivity contribution in [2.45, 2.75) is 0 Å². The summed E-state index contributed by atoms with van der Waals surface area (Å²) in [6.07, 6.45) is 0. The van der Waals surface area contributed by atoms with Gasteiger partial charge in [0.1, 0.15) is 0 Å². The van der Waals surface area contributed by atoms with Crippen LogP contribution in [0.1, 0.15) is 0 Å². The van der Waals surface area contributed by atoms with Crippen LogP contribution in [-0.4, -0.2) is 7.05 Å². The first-order valence-electron chi connectivity index (χ1n) is 0.999. The van der Waals surface area contributed by atoms with E-state index < -0.39 is 4.13 Å².